The van der Waals surface area contributed by atoms with Gasteiger partial charge in [-0.05, 0) is 23.3 Å². The zero-order valence-corrected chi connectivity index (χ0v) is 16.0. The van der Waals surface area contributed by atoms with Crippen LogP contribution in [-0.4, -0.2) is 29.9 Å². The highest BCUT2D eigenvalue weighted by molar-refractivity contribution is 7.98. The Bertz CT molecular complexity index is 1130. The van der Waals surface area contributed by atoms with Crippen LogP contribution in [0.15, 0.2) is 59.9 Å². The van der Waals surface area contributed by atoms with Gasteiger partial charge in [-0.2, -0.15) is 0 Å². The highest BCUT2D eigenvalue weighted by Crippen LogP contribution is 2.27. The second kappa shape index (κ2) is 7.91. The van der Waals surface area contributed by atoms with Gasteiger partial charge in [0.25, 0.3) is 5.69 Å². The topological polar surface area (TPSA) is 99.6 Å². The van der Waals surface area contributed by atoms with Crippen molar-refractivity contribution in [1.29, 1.82) is 0 Å². The maximum atomic E-state index is 10.7. The zero-order chi connectivity index (χ0) is 19.5. The average Bonchev–Trinajstić information content (AvgIpc) is 3.12. The maximum absolute atomic E-state index is 10.7. The first kappa shape index (κ1) is 18.3. The summed E-state index contributed by atoms with van der Waals surface area (Å²) in [5.74, 6) is 0.605. The van der Waals surface area contributed by atoms with Gasteiger partial charge in [-0.15, -0.1) is 5.10 Å². The number of thioether (sulfide) groups is 1. The summed E-state index contributed by atoms with van der Waals surface area (Å²) < 4.78 is 1.72. The molecule has 4 aromatic rings. The molecular weight excluding hydrogens is 400 g/mol. The zero-order valence-electron chi connectivity index (χ0n) is 14.4. The summed E-state index contributed by atoms with van der Waals surface area (Å²) in [6, 6.07) is 14.0. The third-order valence-corrected chi connectivity index (χ3v) is 5.34. The number of benzene rings is 2. The lowest BCUT2D eigenvalue weighted by Crippen LogP contribution is -2.03. The molecule has 0 fully saturated rings. The van der Waals surface area contributed by atoms with Crippen molar-refractivity contribution in [1.82, 2.24) is 25.0 Å². The van der Waals surface area contributed by atoms with Gasteiger partial charge < -0.3 is 0 Å². The van der Waals surface area contributed by atoms with Crippen molar-refractivity contribution in [2.24, 2.45) is 0 Å². The van der Waals surface area contributed by atoms with Crippen LogP contribution in [0.4, 0.5) is 5.69 Å². The number of nitrogens with zero attached hydrogens (tertiary/aromatic N) is 6. The summed E-state index contributed by atoms with van der Waals surface area (Å²) in [6.07, 6.45) is 1.49. The molecule has 0 saturated heterocycles. The molecule has 2 aromatic carbocycles. The molecule has 0 bridgehead atoms. The number of nitro benzene ring substituents is 1. The van der Waals surface area contributed by atoms with Crippen LogP contribution < -0.4 is 0 Å². The van der Waals surface area contributed by atoms with E-state index in [1.165, 1.54) is 30.2 Å². The molecule has 0 aliphatic carbocycles. The van der Waals surface area contributed by atoms with Crippen LogP contribution in [0.1, 0.15) is 11.1 Å². The van der Waals surface area contributed by atoms with Gasteiger partial charge in [0, 0.05) is 22.9 Å². The summed E-state index contributed by atoms with van der Waals surface area (Å²) in [6.45, 7) is 0.525. The fourth-order valence-corrected chi connectivity index (χ4v) is 3.62. The van der Waals surface area contributed by atoms with Crippen molar-refractivity contribution >= 4 is 40.2 Å². The molecule has 2 aromatic heterocycles. The Balaban J connectivity index is 1.52. The SMILES string of the molecule is O=[N+]([O-])c1ccc(CSc2ncnc3c2nnn3Cc2ccc(Cl)cc2)cc1. The fraction of sp³-hybridized carbons (Fsp3) is 0.111. The van der Waals surface area contributed by atoms with Gasteiger partial charge >= 0.3 is 0 Å². The Morgan fingerprint density at radius 1 is 1.04 bits per heavy atom. The highest BCUT2D eigenvalue weighted by Gasteiger charge is 2.13. The molecular formula is C18H13ClN6O2S. The molecule has 0 N–H and O–H groups in total. The number of aromatic nitrogens is 5. The number of nitro groups is 1. The minimum Gasteiger partial charge on any atom is -0.258 e. The van der Waals surface area contributed by atoms with Crippen molar-refractivity contribution in [3.63, 3.8) is 0 Å². The van der Waals surface area contributed by atoms with Crippen LogP contribution in [0.5, 0.6) is 0 Å². The second-order valence-corrected chi connectivity index (χ2v) is 7.34. The number of rotatable bonds is 6. The first-order chi connectivity index (χ1) is 13.6. The molecule has 8 nitrogen and oxygen atoms in total. The molecule has 0 atom stereocenters. The maximum Gasteiger partial charge on any atom is 0.269 e. The largest absolute Gasteiger partial charge is 0.269 e. The van der Waals surface area contributed by atoms with Crippen molar-refractivity contribution in [3.05, 3.63) is 81.1 Å². The van der Waals surface area contributed by atoms with Crippen molar-refractivity contribution in [2.45, 2.75) is 17.3 Å². The molecule has 0 spiro atoms. The van der Waals surface area contributed by atoms with E-state index in [1.54, 1.807) is 16.8 Å². The number of non-ortho nitro benzene ring substituents is 1. The van der Waals surface area contributed by atoms with Crippen molar-refractivity contribution < 1.29 is 4.92 Å². The molecule has 0 amide bonds. The molecule has 2 heterocycles. The van der Waals surface area contributed by atoms with Crippen LogP contribution in [0.3, 0.4) is 0 Å². The van der Waals surface area contributed by atoms with E-state index in [-0.39, 0.29) is 5.69 Å². The van der Waals surface area contributed by atoms with Gasteiger partial charge in [0.2, 0.25) is 0 Å². The quantitative estimate of drug-likeness (QED) is 0.203. The first-order valence-corrected chi connectivity index (χ1v) is 9.61. The van der Waals surface area contributed by atoms with E-state index < -0.39 is 4.92 Å². The van der Waals surface area contributed by atoms with E-state index in [9.17, 15) is 10.1 Å². The molecule has 0 aliphatic heterocycles. The lowest BCUT2D eigenvalue weighted by atomic mass is 10.2. The molecule has 140 valence electrons. The lowest BCUT2D eigenvalue weighted by molar-refractivity contribution is -0.384. The minimum atomic E-state index is -0.413. The predicted octanol–water partition coefficient (Wildman–Crippen LogP) is 4.12. The molecule has 28 heavy (non-hydrogen) atoms. The van der Waals surface area contributed by atoms with Crippen LogP contribution >= 0.6 is 23.4 Å². The Labute approximate surface area is 168 Å². The highest BCUT2D eigenvalue weighted by atomic mass is 35.5. The van der Waals surface area contributed by atoms with E-state index in [4.69, 9.17) is 11.6 Å². The summed E-state index contributed by atoms with van der Waals surface area (Å²) in [7, 11) is 0. The van der Waals surface area contributed by atoms with Gasteiger partial charge in [0.1, 0.15) is 11.4 Å². The van der Waals surface area contributed by atoms with E-state index in [0.29, 0.717) is 33.5 Å². The minimum absolute atomic E-state index is 0.0725. The smallest absolute Gasteiger partial charge is 0.258 e. The Morgan fingerprint density at radius 3 is 2.46 bits per heavy atom. The molecule has 0 radical (unpaired) electrons. The van der Waals surface area contributed by atoms with Gasteiger partial charge in [0.05, 0.1) is 11.5 Å². The summed E-state index contributed by atoms with van der Waals surface area (Å²) in [5.41, 5.74) is 3.34. The lowest BCUT2D eigenvalue weighted by Gasteiger charge is -2.04. The summed E-state index contributed by atoms with van der Waals surface area (Å²) >= 11 is 7.41. The normalized spacial score (nSPS) is 11.0. The molecule has 0 aliphatic rings. The number of hydrogen-bond acceptors (Lipinski definition) is 7. The van der Waals surface area contributed by atoms with E-state index in [1.807, 2.05) is 24.3 Å². The first-order valence-electron chi connectivity index (χ1n) is 8.25. The molecule has 4 rings (SSSR count). The molecule has 0 unspecified atom stereocenters. The fourth-order valence-electron chi connectivity index (χ4n) is 2.61. The number of hydrogen-bond donors (Lipinski definition) is 0. The van der Waals surface area contributed by atoms with Crippen molar-refractivity contribution in [2.75, 3.05) is 0 Å². The Morgan fingerprint density at radius 2 is 1.75 bits per heavy atom. The van der Waals surface area contributed by atoms with Gasteiger partial charge in [0.15, 0.2) is 11.2 Å². The monoisotopic (exact) mass is 412 g/mol. The summed E-state index contributed by atoms with van der Waals surface area (Å²) in [4.78, 5) is 19.0. The average molecular weight is 413 g/mol. The van der Waals surface area contributed by atoms with E-state index in [0.717, 1.165) is 11.1 Å². The third-order valence-electron chi connectivity index (χ3n) is 4.03. The van der Waals surface area contributed by atoms with E-state index >= 15 is 0 Å². The predicted molar refractivity (Wildman–Crippen MR) is 106 cm³/mol. The number of halogens is 1. The molecule has 10 heteroatoms. The standard InChI is InChI=1S/C18H13ClN6O2S/c19-14-5-1-12(2-6-14)9-24-17-16(22-23-24)18(21-11-20-17)28-10-13-3-7-15(8-4-13)25(26)27/h1-8,11H,9-10H2. The number of fused-ring (bicyclic) bond motifs is 1. The molecule has 0 saturated carbocycles. The van der Waals surface area contributed by atoms with Gasteiger partial charge in [-0.1, -0.05) is 52.8 Å². The van der Waals surface area contributed by atoms with Gasteiger partial charge in [-0.25, -0.2) is 14.6 Å². The van der Waals surface area contributed by atoms with Crippen LogP contribution in [0.2, 0.25) is 5.02 Å². The Hall–Kier alpha value is -3.04. The van der Waals surface area contributed by atoms with Crippen LogP contribution in [-0.2, 0) is 12.3 Å². The van der Waals surface area contributed by atoms with E-state index in [2.05, 4.69) is 20.3 Å². The second-order valence-electron chi connectivity index (χ2n) is 5.94. The van der Waals surface area contributed by atoms with Crippen molar-refractivity contribution in [3.8, 4) is 0 Å². The summed E-state index contributed by atoms with van der Waals surface area (Å²) in [5, 5.41) is 20.6. The van der Waals surface area contributed by atoms with Crippen LogP contribution in [0.25, 0.3) is 11.2 Å². The third kappa shape index (κ3) is 3.95. The van der Waals surface area contributed by atoms with Crippen LogP contribution in [0, 0.1) is 10.1 Å². The Kier molecular flexibility index (Phi) is 5.18. The van der Waals surface area contributed by atoms with Gasteiger partial charge in [-0.3, -0.25) is 10.1 Å².